The van der Waals surface area contributed by atoms with Gasteiger partial charge < -0.3 is 10.6 Å². The SMILES string of the molecule is CN(Cc1ccc(N)cc1)C(=O)c1csc2ccccc12. The Bertz CT molecular complexity index is 777. The van der Waals surface area contributed by atoms with Gasteiger partial charge in [0.25, 0.3) is 5.91 Å². The molecule has 106 valence electrons. The predicted molar refractivity (Wildman–Crippen MR) is 88.5 cm³/mol. The molecule has 2 aromatic carbocycles. The van der Waals surface area contributed by atoms with Gasteiger partial charge in [0.05, 0.1) is 5.56 Å². The third-order valence-corrected chi connectivity index (χ3v) is 4.42. The van der Waals surface area contributed by atoms with Crippen LogP contribution in [0, 0.1) is 0 Å². The molecule has 0 aliphatic carbocycles. The smallest absolute Gasteiger partial charge is 0.255 e. The fraction of sp³-hybridized carbons (Fsp3) is 0.118. The molecule has 4 heteroatoms. The highest BCUT2D eigenvalue weighted by atomic mass is 32.1. The lowest BCUT2D eigenvalue weighted by molar-refractivity contribution is 0.0787. The molecule has 0 aliphatic rings. The first-order valence-corrected chi connectivity index (χ1v) is 7.59. The van der Waals surface area contributed by atoms with E-state index in [-0.39, 0.29) is 5.91 Å². The maximum absolute atomic E-state index is 12.6. The van der Waals surface area contributed by atoms with Gasteiger partial charge in [-0.15, -0.1) is 11.3 Å². The number of carbonyl (C=O) groups is 1. The molecule has 0 aliphatic heterocycles. The number of amides is 1. The van der Waals surface area contributed by atoms with E-state index in [1.807, 2.05) is 61.0 Å². The van der Waals surface area contributed by atoms with E-state index in [1.54, 1.807) is 16.2 Å². The van der Waals surface area contributed by atoms with Crippen molar-refractivity contribution in [3.05, 3.63) is 65.0 Å². The molecule has 0 radical (unpaired) electrons. The van der Waals surface area contributed by atoms with Gasteiger partial charge in [-0.1, -0.05) is 30.3 Å². The minimum atomic E-state index is 0.0456. The first-order valence-electron chi connectivity index (χ1n) is 6.71. The Labute approximate surface area is 127 Å². The number of nitrogens with two attached hydrogens (primary N) is 1. The van der Waals surface area contributed by atoms with Crippen molar-refractivity contribution in [1.82, 2.24) is 4.90 Å². The van der Waals surface area contributed by atoms with Crippen LogP contribution < -0.4 is 5.73 Å². The van der Waals surface area contributed by atoms with E-state index < -0.39 is 0 Å². The minimum Gasteiger partial charge on any atom is -0.399 e. The van der Waals surface area contributed by atoms with Crippen LogP contribution >= 0.6 is 11.3 Å². The molecule has 1 amide bonds. The molecule has 3 rings (SSSR count). The van der Waals surface area contributed by atoms with Crippen molar-refractivity contribution in [2.45, 2.75) is 6.54 Å². The zero-order chi connectivity index (χ0) is 14.8. The maximum Gasteiger partial charge on any atom is 0.255 e. The summed E-state index contributed by atoms with van der Waals surface area (Å²) in [6.45, 7) is 0.573. The zero-order valence-electron chi connectivity index (χ0n) is 11.7. The average Bonchev–Trinajstić information content (AvgIpc) is 2.92. The lowest BCUT2D eigenvalue weighted by Gasteiger charge is -2.17. The molecule has 0 fully saturated rings. The van der Waals surface area contributed by atoms with E-state index in [0.29, 0.717) is 6.54 Å². The van der Waals surface area contributed by atoms with Crippen molar-refractivity contribution in [3.8, 4) is 0 Å². The van der Waals surface area contributed by atoms with Crippen LogP contribution in [0.3, 0.4) is 0 Å². The van der Waals surface area contributed by atoms with Crippen molar-refractivity contribution >= 4 is 33.0 Å². The molecule has 0 saturated carbocycles. The molecule has 2 N–H and O–H groups in total. The van der Waals surface area contributed by atoms with Gasteiger partial charge in [-0.25, -0.2) is 0 Å². The molecule has 0 unspecified atom stereocenters. The van der Waals surface area contributed by atoms with Gasteiger partial charge in [-0.3, -0.25) is 4.79 Å². The fourth-order valence-corrected chi connectivity index (χ4v) is 3.25. The average molecular weight is 296 g/mol. The van der Waals surface area contributed by atoms with Crippen molar-refractivity contribution in [1.29, 1.82) is 0 Å². The van der Waals surface area contributed by atoms with Gasteiger partial charge in [0.2, 0.25) is 0 Å². The Morgan fingerprint density at radius 2 is 1.86 bits per heavy atom. The second kappa shape index (κ2) is 5.58. The van der Waals surface area contributed by atoms with Crippen LogP contribution in [0.5, 0.6) is 0 Å². The summed E-state index contributed by atoms with van der Waals surface area (Å²) in [5.74, 6) is 0.0456. The number of nitrogens with zero attached hydrogens (tertiary/aromatic N) is 1. The molecule has 21 heavy (non-hydrogen) atoms. The number of benzene rings is 2. The van der Waals surface area contributed by atoms with E-state index in [9.17, 15) is 4.79 Å². The van der Waals surface area contributed by atoms with Crippen molar-refractivity contribution in [3.63, 3.8) is 0 Å². The Kier molecular flexibility index (Phi) is 3.62. The second-order valence-electron chi connectivity index (χ2n) is 5.05. The van der Waals surface area contributed by atoms with Gasteiger partial charge in [0, 0.05) is 34.7 Å². The maximum atomic E-state index is 12.6. The standard InChI is InChI=1S/C17H16N2OS/c1-19(10-12-6-8-13(18)9-7-12)17(20)15-11-21-16-5-3-2-4-14(15)16/h2-9,11H,10,18H2,1H3. The lowest BCUT2D eigenvalue weighted by atomic mass is 10.1. The van der Waals surface area contributed by atoms with E-state index >= 15 is 0 Å². The first kappa shape index (κ1) is 13.6. The first-order chi connectivity index (χ1) is 10.1. The van der Waals surface area contributed by atoms with E-state index in [0.717, 1.165) is 26.9 Å². The van der Waals surface area contributed by atoms with Gasteiger partial charge in [0.15, 0.2) is 0 Å². The van der Waals surface area contributed by atoms with Crippen molar-refractivity contribution < 1.29 is 4.79 Å². The number of anilines is 1. The Morgan fingerprint density at radius 3 is 2.62 bits per heavy atom. The zero-order valence-corrected chi connectivity index (χ0v) is 12.6. The minimum absolute atomic E-state index is 0.0456. The number of hydrogen-bond donors (Lipinski definition) is 1. The second-order valence-corrected chi connectivity index (χ2v) is 5.96. The van der Waals surface area contributed by atoms with Crippen LogP contribution in [0.4, 0.5) is 5.69 Å². The summed E-state index contributed by atoms with van der Waals surface area (Å²) in [5.41, 5.74) is 8.25. The molecular formula is C17H16N2OS. The van der Waals surface area contributed by atoms with E-state index in [2.05, 4.69) is 0 Å². The summed E-state index contributed by atoms with van der Waals surface area (Å²) in [6.07, 6.45) is 0. The Morgan fingerprint density at radius 1 is 1.14 bits per heavy atom. The largest absolute Gasteiger partial charge is 0.399 e. The van der Waals surface area contributed by atoms with E-state index in [4.69, 9.17) is 5.73 Å². The number of thiophene rings is 1. The van der Waals surface area contributed by atoms with Gasteiger partial charge in [0.1, 0.15) is 0 Å². The monoisotopic (exact) mass is 296 g/mol. The summed E-state index contributed by atoms with van der Waals surface area (Å²) in [7, 11) is 1.82. The number of nitrogen functional groups attached to an aromatic ring is 1. The molecule has 0 saturated heterocycles. The number of carbonyl (C=O) groups excluding carboxylic acids is 1. The Hall–Kier alpha value is -2.33. The fourth-order valence-electron chi connectivity index (χ4n) is 2.32. The third kappa shape index (κ3) is 2.76. The molecular weight excluding hydrogens is 280 g/mol. The van der Waals surface area contributed by atoms with Crippen LogP contribution in [0.1, 0.15) is 15.9 Å². The number of fused-ring (bicyclic) bond motifs is 1. The van der Waals surface area contributed by atoms with Crippen LogP contribution in [0.2, 0.25) is 0 Å². The molecule has 0 spiro atoms. The number of hydrogen-bond acceptors (Lipinski definition) is 3. The summed E-state index contributed by atoms with van der Waals surface area (Å²) < 4.78 is 1.14. The predicted octanol–water partition coefficient (Wildman–Crippen LogP) is 3.76. The van der Waals surface area contributed by atoms with E-state index in [1.165, 1.54) is 0 Å². The van der Waals surface area contributed by atoms with Gasteiger partial charge in [-0.2, -0.15) is 0 Å². The normalized spacial score (nSPS) is 10.7. The third-order valence-electron chi connectivity index (χ3n) is 3.46. The summed E-state index contributed by atoms with van der Waals surface area (Å²) in [5, 5.41) is 2.96. The lowest BCUT2D eigenvalue weighted by Crippen LogP contribution is -2.25. The highest BCUT2D eigenvalue weighted by Gasteiger charge is 2.16. The highest BCUT2D eigenvalue weighted by molar-refractivity contribution is 7.17. The van der Waals surface area contributed by atoms with Crippen molar-refractivity contribution in [2.75, 3.05) is 12.8 Å². The highest BCUT2D eigenvalue weighted by Crippen LogP contribution is 2.26. The van der Waals surface area contributed by atoms with Crippen LogP contribution in [-0.4, -0.2) is 17.9 Å². The summed E-state index contributed by atoms with van der Waals surface area (Å²) in [6, 6.07) is 15.6. The molecule has 1 heterocycles. The molecule has 3 aromatic rings. The molecule has 0 bridgehead atoms. The van der Waals surface area contributed by atoms with Gasteiger partial charge >= 0.3 is 0 Å². The van der Waals surface area contributed by atoms with Gasteiger partial charge in [-0.05, 0) is 23.8 Å². The molecule has 0 atom stereocenters. The van der Waals surface area contributed by atoms with Crippen LogP contribution in [0.15, 0.2) is 53.9 Å². The topological polar surface area (TPSA) is 46.3 Å². The molecule has 1 aromatic heterocycles. The van der Waals surface area contributed by atoms with Crippen LogP contribution in [-0.2, 0) is 6.54 Å². The quantitative estimate of drug-likeness (QED) is 0.748. The summed E-state index contributed by atoms with van der Waals surface area (Å²) >= 11 is 1.60. The number of rotatable bonds is 3. The summed E-state index contributed by atoms with van der Waals surface area (Å²) in [4.78, 5) is 14.3. The molecule has 3 nitrogen and oxygen atoms in total. The Balaban J connectivity index is 1.82. The van der Waals surface area contributed by atoms with Crippen LogP contribution in [0.25, 0.3) is 10.1 Å². The van der Waals surface area contributed by atoms with Crippen molar-refractivity contribution in [2.24, 2.45) is 0 Å².